The summed E-state index contributed by atoms with van der Waals surface area (Å²) in [7, 11) is 0. The quantitative estimate of drug-likeness (QED) is 0.481. The number of phenolic OH excluding ortho intramolecular Hbond substituents is 1. The lowest BCUT2D eigenvalue weighted by atomic mass is 9.86. The molecule has 170 valence electrons. The Kier molecular flexibility index (Phi) is 5.95. The average Bonchev–Trinajstić information content (AvgIpc) is 3.08. The summed E-state index contributed by atoms with van der Waals surface area (Å²) in [5.41, 5.74) is 16.4. The Bertz CT molecular complexity index is 1140. The van der Waals surface area contributed by atoms with Crippen molar-refractivity contribution in [3.63, 3.8) is 0 Å². The van der Waals surface area contributed by atoms with Crippen LogP contribution < -0.4 is 20.9 Å². The summed E-state index contributed by atoms with van der Waals surface area (Å²) >= 11 is 1.42. The summed E-state index contributed by atoms with van der Waals surface area (Å²) in [6.07, 6.45) is 3.28. The number of phenols is 1. The van der Waals surface area contributed by atoms with Crippen LogP contribution in [0.3, 0.4) is 0 Å². The summed E-state index contributed by atoms with van der Waals surface area (Å²) in [4.78, 5) is 5.05. The molecule has 7 heteroatoms. The lowest BCUT2D eigenvalue weighted by Crippen LogP contribution is -2.38. The van der Waals surface area contributed by atoms with Crippen molar-refractivity contribution in [2.75, 3.05) is 18.1 Å². The van der Waals surface area contributed by atoms with Crippen molar-refractivity contribution in [2.24, 2.45) is 0 Å². The van der Waals surface area contributed by atoms with E-state index in [0.717, 1.165) is 63.5 Å². The Balaban J connectivity index is 1.36. The lowest BCUT2D eigenvalue weighted by molar-refractivity contribution is 0.0411. The van der Waals surface area contributed by atoms with Gasteiger partial charge in [-0.1, -0.05) is 23.5 Å². The fourth-order valence-corrected chi connectivity index (χ4v) is 5.04. The van der Waals surface area contributed by atoms with Crippen LogP contribution in [0.1, 0.15) is 52.5 Å². The maximum atomic E-state index is 10.4. The first-order valence-corrected chi connectivity index (χ1v) is 11.7. The molecule has 4 rings (SSSR count). The first kappa shape index (κ1) is 22.3. The third-order valence-electron chi connectivity index (χ3n) is 6.52. The van der Waals surface area contributed by atoms with E-state index in [1.165, 1.54) is 11.3 Å². The Labute approximate surface area is 193 Å². The van der Waals surface area contributed by atoms with E-state index in [4.69, 9.17) is 20.9 Å². The SMILES string of the molecule is Cc1c(C)c2c(c(C)c1O)CCC(C)(CCOc1ccc(Cc3sc(N)nc3N)cc1)O2. The van der Waals surface area contributed by atoms with Gasteiger partial charge in [0.2, 0.25) is 0 Å². The zero-order valence-electron chi connectivity index (χ0n) is 19.1. The zero-order valence-corrected chi connectivity index (χ0v) is 19.9. The van der Waals surface area contributed by atoms with E-state index >= 15 is 0 Å². The molecule has 1 unspecified atom stereocenters. The average molecular weight is 454 g/mol. The second kappa shape index (κ2) is 8.54. The number of ether oxygens (including phenoxy) is 2. The van der Waals surface area contributed by atoms with E-state index in [1.807, 2.05) is 45.0 Å². The predicted octanol–water partition coefficient (Wildman–Crippen LogP) is 5.08. The van der Waals surface area contributed by atoms with Crippen LogP contribution in [0.2, 0.25) is 0 Å². The van der Waals surface area contributed by atoms with Gasteiger partial charge < -0.3 is 26.0 Å². The minimum atomic E-state index is -0.294. The second-order valence-electron chi connectivity index (χ2n) is 8.86. The number of aromatic hydroxyl groups is 1. The number of rotatable bonds is 6. The van der Waals surface area contributed by atoms with Crippen LogP contribution in [0.4, 0.5) is 10.9 Å². The molecule has 1 aliphatic heterocycles. The van der Waals surface area contributed by atoms with Crippen molar-refractivity contribution < 1.29 is 14.6 Å². The van der Waals surface area contributed by atoms with Gasteiger partial charge in [0.05, 0.1) is 11.5 Å². The number of nitrogens with zero attached hydrogens (tertiary/aromatic N) is 1. The van der Waals surface area contributed by atoms with E-state index in [9.17, 15) is 5.11 Å². The third-order valence-corrected chi connectivity index (χ3v) is 7.42. The number of fused-ring (bicyclic) bond motifs is 1. The highest BCUT2D eigenvalue weighted by Crippen LogP contribution is 2.44. The van der Waals surface area contributed by atoms with Gasteiger partial charge in [-0.2, -0.15) is 0 Å². The predicted molar refractivity (Wildman–Crippen MR) is 130 cm³/mol. The summed E-state index contributed by atoms with van der Waals surface area (Å²) in [5, 5.41) is 10.9. The van der Waals surface area contributed by atoms with Gasteiger partial charge in [-0.25, -0.2) is 4.98 Å². The molecular formula is C25H31N3O3S. The summed E-state index contributed by atoms with van der Waals surface area (Å²) in [6, 6.07) is 8.05. The van der Waals surface area contributed by atoms with Crippen molar-refractivity contribution >= 4 is 22.3 Å². The van der Waals surface area contributed by atoms with Gasteiger partial charge in [-0.05, 0) is 74.9 Å². The van der Waals surface area contributed by atoms with Crippen molar-refractivity contribution in [3.05, 3.63) is 57.0 Å². The molecule has 0 bridgehead atoms. The number of hydrogen-bond acceptors (Lipinski definition) is 7. The van der Waals surface area contributed by atoms with Gasteiger partial charge in [-0.15, -0.1) is 0 Å². The third kappa shape index (κ3) is 4.35. The van der Waals surface area contributed by atoms with Crippen LogP contribution in [0.15, 0.2) is 24.3 Å². The van der Waals surface area contributed by atoms with Crippen LogP contribution >= 0.6 is 11.3 Å². The molecule has 0 saturated heterocycles. The number of anilines is 2. The fraction of sp³-hybridized carbons (Fsp3) is 0.400. The minimum absolute atomic E-state index is 0.294. The summed E-state index contributed by atoms with van der Waals surface area (Å²) in [5.74, 6) is 2.66. The summed E-state index contributed by atoms with van der Waals surface area (Å²) in [6.45, 7) is 8.64. The van der Waals surface area contributed by atoms with Gasteiger partial charge in [-0.3, -0.25) is 0 Å². The number of nitrogen functional groups attached to an aromatic ring is 2. The normalized spacial score (nSPS) is 17.6. The molecule has 3 aromatic rings. The van der Waals surface area contributed by atoms with E-state index in [-0.39, 0.29) is 5.60 Å². The van der Waals surface area contributed by atoms with E-state index in [2.05, 4.69) is 11.9 Å². The van der Waals surface area contributed by atoms with E-state index in [0.29, 0.717) is 29.7 Å². The molecule has 2 heterocycles. The number of aromatic nitrogens is 1. The highest BCUT2D eigenvalue weighted by molar-refractivity contribution is 7.15. The van der Waals surface area contributed by atoms with Crippen molar-refractivity contribution in [3.8, 4) is 17.2 Å². The van der Waals surface area contributed by atoms with Crippen LogP contribution in [0.5, 0.6) is 17.2 Å². The molecular weight excluding hydrogens is 422 g/mol. The Hall–Kier alpha value is -2.93. The van der Waals surface area contributed by atoms with Gasteiger partial charge >= 0.3 is 0 Å². The molecule has 6 nitrogen and oxygen atoms in total. The molecule has 32 heavy (non-hydrogen) atoms. The number of benzene rings is 2. The highest BCUT2D eigenvalue weighted by atomic mass is 32.1. The maximum Gasteiger partial charge on any atom is 0.182 e. The smallest absolute Gasteiger partial charge is 0.182 e. The number of hydrogen-bond donors (Lipinski definition) is 3. The topological polar surface area (TPSA) is 104 Å². The number of thiazole rings is 1. The standard InChI is InChI=1S/C25H31N3O3S/c1-14-15(2)22-19(16(3)21(14)29)9-10-25(4,31-22)11-12-30-18-7-5-17(6-8-18)13-20-23(26)28-24(27)32-20/h5-8,29H,9-13,26H2,1-4H3,(H2,27,28). The van der Waals surface area contributed by atoms with Gasteiger partial charge in [0.15, 0.2) is 5.13 Å². The lowest BCUT2D eigenvalue weighted by Gasteiger charge is -2.38. The molecule has 1 aliphatic rings. The first-order chi connectivity index (χ1) is 15.2. The van der Waals surface area contributed by atoms with Crippen LogP contribution in [0, 0.1) is 20.8 Å². The Morgan fingerprint density at radius 3 is 2.50 bits per heavy atom. The summed E-state index contributed by atoms with van der Waals surface area (Å²) < 4.78 is 12.5. The van der Waals surface area contributed by atoms with E-state index in [1.54, 1.807) is 0 Å². The molecule has 1 aromatic heterocycles. The largest absolute Gasteiger partial charge is 0.507 e. The minimum Gasteiger partial charge on any atom is -0.507 e. The zero-order chi connectivity index (χ0) is 23.0. The van der Waals surface area contributed by atoms with Crippen molar-refractivity contribution in [1.82, 2.24) is 4.98 Å². The van der Waals surface area contributed by atoms with Crippen LogP contribution in [-0.4, -0.2) is 22.3 Å². The monoisotopic (exact) mass is 453 g/mol. The first-order valence-electron chi connectivity index (χ1n) is 10.9. The van der Waals surface area contributed by atoms with Crippen LogP contribution in [-0.2, 0) is 12.8 Å². The van der Waals surface area contributed by atoms with Crippen LogP contribution in [0.25, 0.3) is 0 Å². The highest BCUT2D eigenvalue weighted by Gasteiger charge is 2.34. The van der Waals surface area contributed by atoms with Crippen molar-refractivity contribution in [1.29, 1.82) is 0 Å². The van der Waals surface area contributed by atoms with E-state index < -0.39 is 0 Å². The second-order valence-corrected chi connectivity index (χ2v) is 9.98. The molecule has 1 atom stereocenters. The molecule has 0 spiro atoms. The number of nitrogens with two attached hydrogens (primary N) is 2. The molecule has 0 amide bonds. The van der Waals surface area contributed by atoms with Crippen molar-refractivity contribution in [2.45, 2.75) is 59.0 Å². The molecule has 0 fully saturated rings. The molecule has 5 N–H and O–H groups in total. The Morgan fingerprint density at radius 2 is 1.84 bits per heavy atom. The molecule has 0 aliphatic carbocycles. The molecule has 2 aromatic carbocycles. The maximum absolute atomic E-state index is 10.4. The fourth-order valence-electron chi connectivity index (χ4n) is 4.25. The van der Waals surface area contributed by atoms with Gasteiger partial charge in [0.25, 0.3) is 0 Å². The van der Waals surface area contributed by atoms with Gasteiger partial charge in [0.1, 0.15) is 28.7 Å². The molecule has 0 radical (unpaired) electrons. The Morgan fingerprint density at radius 1 is 1.12 bits per heavy atom. The molecule has 0 saturated carbocycles. The van der Waals surface area contributed by atoms with Gasteiger partial charge in [0, 0.05) is 18.4 Å².